The largest absolute Gasteiger partial charge is 0.448 e. The third-order valence-electron chi connectivity index (χ3n) is 7.28. The van der Waals surface area contributed by atoms with Crippen molar-refractivity contribution in [2.45, 2.75) is 68.0 Å². The van der Waals surface area contributed by atoms with E-state index >= 15 is 0 Å². The number of benzene rings is 1. The van der Waals surface area contributed by atoms with Gasteiger partial charge in [-0.05, 0) is 81.8 Å². The molecule has 4 aliphatic rings. The van der Waals surface area contributed by atoms with Crippen molar-refractivity contribution < 1.29 is 17.9 Å². The molecule has 0 spiro atoms. The van der Waals surface area contributed by atoms with Gasteiger partial charge in [0.05, 0.1) is 17.0 Å². The lowest BCUT2D eigenvalue weighted by atomic mass is 9.94. The van der Waals surface area contributed by atoms with E-state index in [9.17, 15) is 13.2 Å². The Morgan fingerprint density at radius 1 is 1.06 bits per heavy atom. The minimum Gasteiger partial charge on any atom is -0.448 e. The second-order valence-electron chi connectivity index (χ2n) is 9.18. The van der Waals surface area contributed by atoms with Crippen LogP contribution < -0.4 is 0 Å². The molecule has 4 aliphatic heterocycles. The molecule has 4 heterocycles. The smallest absolute Gasteiger partial charge is 0.409 e. The van der Waals surface area contributed by atoms with Gasteiger partial charge in [-0.3, -0.25) is 4.90 Å². The van der Waals surface area contributed by atoms with Gasteiger partial charge in [0.15, 0.2) is 0 Å². The number of rotatable bonds is 3. The molecule has 1 aromatic carbocycles. The molecular formula is C22H30ClN3O4S. The molecule has 7 nitrogen and oxygen atoms in total. The molecule has 9 heteroatoms. The van der Waals surface area contributed by atoms with Gasteiger partial charge in [0.2, 0.25) is 10.0 Å². The van der Waals surface area contributed by atoms with Gasteiger partial charge in [-0.25, -0.2) is 13.2 Å². The standard InChI is InChI=1S/C22H30ClN3O4S/c23-16-8-9-21-19(13-16)20-7-3-5-18(26(20)31(21,28)29)15-30-22(27)25-12-4-6-17(14-25)24-10-1-2-11-24/h8-9,13,17-18,20H,1-7,10-12,14-15H2/t17?,18-,20+/m1/s1. The highest BCUT2D eigenvalue weighted by Gasteiger charge is 2.48. The van der Waals surface area contributed by atoms with Crippen LogP contribution in [0, 0.1) is 0 Å². The summed E-state index contributed by atoms with van der Waals surface area (Å²) in [6, 6.07) is 4.85. The molecule has 3 saturated heterocycles. The fourth-order valence-corrected chi connectivity index (χ4v) is 8.03. The Morgan fingerprint density at radius 3 is 2.68 bits per heavy atom. The van der Waals surface area contributed by atoms with Crippen molar-refractivity contribution in [3.63, 3.8) is 0 Å². The summed E-state index contributed by atoms with van der Waals surface area (Å²) in [7, 11) is -3.60. The summed E-state index contributed by atoms with van der Waals surface area (Å²) in [6.45, 7) is 3.75. The third-order valence-corrected chi connectivity index (χ3v) is 9.55. The number of hydrogen-bond donors (Lipinski definition) is 0. The van der Waals surface area contributed by atoms with Crippen LogP contribution >= 0.6 is 11.6 Å². The van der Waals surface area contributed by atoms with E-state index in [1.54, 1.807) is 27.4 Å². The monoisotopic (exact) mass is 467 g/mol. The van der Waals surface area contributed by atoms with E-state index in [1.807, 2.05) is 0 Å². The minimum atomic E-state index is -3.60. The SMILES string of the molecule is O=C(OC[C@H]1CCC[C@H]2c3cc(Cl)ccc3S(=O)(=O)N12)N1CCCC(N2CCCC2)C1. The van der Waals surface area contributed by atoms with Gasteiger partial charge in [0.25, 0.3) is 0 Å². The molecule has 31 heavy (non-hydrogen) atoms. The number of piperidine rings is 2. The summed E-state index contributed by atoms with van der Waals surface area (Å²) in [5, 5.41) is 0.544. The first-order chi connectivity index (χ1) is 14.9. The first kappa shape index (κ1) is 21.5. The second kappa shape index (κ2) is 8.54. The highest BCUT2D eigenvalue weighted by molar-refractivity contribution is 7.89. The molecule has 0 aliphatic carbocycles. The molecule has 1 aromatic rings. The maximum atomic E-state index is 13.2. The second-order valence-corrected chi connectivity index (χ2v) is 11.4. The van der Waals surface area contributed by atoms with Crippen molar-refractivity contribution in [1.82, 2.24) is 14.1 Å². The number of fused-ring (bicyclic) bond motifs is 3. The normalized spacial score (nSPS) is 30.7. The Bertz CT molecular complexity index is 950. The van der Waals surface area contributed by atoms with Crippen molar-refractivity contribution >= 4 is 27.7 Å². The Balaban J connectivity index is 1.25. The van der Waals surface area contributed by atoms with Gasteiger partial charge in [0.1, 0.15) is 6.61 Å². The number of ether oxygens (including phenoxy) is 1. The predicted molar refractivity (Wildman–Crippen MR) is 118 cm³/mol. The van der Waals surface area contributed by atoms with E-state index in [2.05, 4.69) is 4.90 Å². The van der Waals surface area contributed by atoms with E-state index in [0.717, 1.165) is 44.3 Å². The van der Waals surface area contributed by atoms with Gasteiger partial charge in [-0.2, -0.15) is 4.31 Å². The number of carbonyl (C=O) groups is 1. The van der Waals surface area contributed by atoms with Gasteiger partial charge < -0.3 is 9.64 Å². The highest BCUT2D eigenvalue weighted by Crippen LogP contribution is 2.47. The molecule has 170 valence electrons. The molecule has 1 unspecified atom stereocenters. The van der Waals surface area contributed by atoms with Crippen molar-refractivity contribution in [1.29, 1.82) is 0 Å². The van der Waals surface area contributed by atoms with Crippen molar-refractivity contribution in [2.75, 3.05) is 32.8 Å². The van der Waals surface area contributed by atoms with Gasteiger partial charge in [0, 0.05) is 24.2 Å². The number of amides is 1. The summed E-state index contributed by atoms with van der Waals surface area (Å²) in [4.78, 5) is 17.5. The average Bonchev–Trinajstić information content (AvgIpc) is 3.38. The van der Waals surface area contributed by atoms with Gasteiger partial charge in [-0.15, -0.1) is 0 Å². The van der Waals surface area contributed by atoms with Crippen molar-refractivity contribution in [3.8, 4) is 0 Å². The van der Waals surface area contributed by atoms with Crippen LogP contribution in [-0.4, -0.2) is 73.5 Å². The molecule has 0 saturated carbocycles. The lowest BCUT2D eigenvalue weighted by Gasteiger charge is -2.38. The topological polar surface area (TPSA) is 70.2 Å². The van der Waals surface area contributed by atoms with Crippen molar-refractivity contribution in [2.24, 2.45) is 0 Å². The first-order valence-corrected chi connectivity index (χ1v) is 13.3. The Hall–Kier alpha value is -1.35. The zero-order chi connectivity index (χ0) is 21.6. The number of likely N-dealkylation sites (tertiary alicyclic amines) is 2. The predicted octanol–water partition coefficient (Wildman–Crippen LogP) is 3.63. The maximum Gasteiger partial charge on any atom is 0.409 e. The quantitative estimate of drug-likeness (QED) is 0.678. The van der Waals surface area contributed by atoms with Crippen LogP contribution in [0.2, 0.25) is 5.02 Å². The summed E-state index contributed by atoms with van der Waals surface area (Å²) in [5.74, 6) is 0. The minimum absolute atomic E-state index is 0.0984. The lowest BCUT2D eigenvalue weighted by Crippen LogP contribution is -2.50. The fraction of sp³-hybridized carbons (Fsp3) is 0.682. The molecule has 3 atom stereocenters. The van der Waals surface area contributed by atoms with Crippen molar-refractivity contribution in [3.05, 3.63) is 28.8 Å². The third kappa shape index (κ3) is 3.96. The Labute approximate surface area is 189 Å². The van der Waals surface area contributed by atoms with E-state index in [0.29, 0.717) is 35.5 Å². The maximum absolute atomic E-state index is 13.2. The summed E-state index contributed by atoms with van der Waals surface area (Å²) >= 11 is 6.14. The molecule has 0 bridgehead atoms. The zero-order valence-electron chi connectivity index (χ0n) is 17.7. The van der Waals surface area contributed by atoms with Crippen LogP contribution in [0.25, 0.3) is 0 Å². The number of halogens is 1. The summed E-state index contributed by atoms with van der Waals surface area (Å²) < 4.78 is 33.7. The summed E-state index contributed by atoms with van der Waals surface area (Å²) in [5.41, 5.74) is 0.771. The molecule has 5 rings (SSSR count). The molecule has 1 amide bonds. The molecule has 3 fully saturated rings. The Kier molecular flexibility index (Phi) is 5.92. The lowest BCUT2D eigenvalue weighted by molar-refractivity contribution is 0.0472. The van der Waals surface area contributed by atoms with Crippen LogP contribution in [0.1, 0.15) is 56.6 Å². The number of carbonyl (C=O) groups excluding carboxylic acids is 1. The fourth-order valence-electron chi connectivity index (χ4n) is 5.78. The average molecular weight is 468 g/mol. The van der Waals surface area contributed by atoms with E-state index in [-0.39, 0.29) is 24.8 Å². The van der Waals surface area contributed by atoms with Gasteiger partial charge >= 0.3 is 6.09 Å². The van der Waals surface area contributed by atoms with Gasteiger partial charge in [-0.1, -0.05) is 11.6 Å². The highest BCUT2D eigenvalue weighted by atomic mass is 35.5. The van der Waals surface area contributed by atoms with E-state index < -0.39 is 10.0 Å². The van der Waals surface area contributed by atoms with Crippen LogP contribution in [0.15, 0.2) is 23.1 Å². The van der Waals surface area contributed by atoms with E-state index in [1.165, 1.54) is 12.8 Å². The molecule has 0 radical (unpaired) electrons. The number of sulfonamides is 1. The van der Waals surface area contributed by atoms with Crippen LogP contribution in [0.5, 0.6) is 0 Å². The van der Waals surface area contributed by atoms with E-state index in [4.69, 9.17) is 16.3 Å². The molecule has 0 N–H and O–H groups in total. The molecule has 0 aromatic heterocycles. The first-order valence-electron chi connectivity index (χ1n) is 11.4. The number of nitrogens with zero attached hydrogens (tertiary/aromatic N) is 3. The van der Waals surface area contributed by atoms with Crippen LogP contribution in [0.3, 0.4) is 0 Å². The van der Waals surface area contributed by atoms with Crippen LogP contribution in [0.4, 0.5) is 4.79 Å². The Morgan fingerprint density at radius 2 is 1.87 bits per heavy atom. The van der Waals surface area contributed by atoms with Crippen LogP contribution in [-0.2, 0) is 14.8 Å². The molecular weight excluding hydrogens is 438 g/mol. The summed E-state index contributed by atoms with van der Waals surface area (Å²) in [6.07, 6.45) is 6.62. The number of hydrogen-bond acceptors (Lipinski definition) is 5. The zero-order valence-corrected chi connectivity index (χ0v) is 19.3.